The number of hydrogen-bond acceptors (Lipinski definition) is 4. The summed E-state index contributed by atoms with van der Waals surface area (Å²) in [6.45, 7) is 7.83. The maximum absolute atomic E-state index is 12.1. The summed E-state index contributed by atoms with van der Waals surface area (Å²) in [5.41, 5.74) is -0.0759. The molecule has 0 aromatic carbocycles. The number of carbonyl (C=O) groups excluding carboxylic acids is 2. The van der Waals surface area contributed by atoms with E-state index in [1.165, 1.54) is 4.90 Å². The van der Waals surface area contributed by atoms with Crippen LogP contribution in [0, 0.1) is 5.41 Å². The van der Waals surface area contributed by atoms with Crippen LogP contribution in [0.1, 0.15) is 72.6 Å². The van der Waals surface area contributed by atoms with Gasteiger partial charge in [-0.1, -0.05) is 40.0 Å². The van der Waals surface area contributed by atoms with Crippen LogP contribution in [0.25, 0.3) is 0 Å². The van der Waals surface area contributed by atoms with E-state index in [0.717, 1.165) is 19.3 Å². The molecule has 1 rings (SSSR count). The highest BCUT2D eigenvalue weighted by Gasteiger charge is 2.42. The Bertz CT molecular complexity index is 486. The van der Waals surface area contributed by atoms with Crippen LogP contribution in [0.5, 0.6) is 0 Å². The molecule has 0 bridgehead atoms. The van der Waals surface area contributed by atoms with Gasteiger partial charge in [0, 0.05) is 6.42 Å². The minimum atomic E-state index is -0.798. The zero-order valence-corrected chi connectivity index (χ0v) is 15.7. The van der Waals surface area contributed by atoms with E-state index in [1.54, 1.807) is 6.92 Å². The van der Waals surface area contributed by atoms with Crippen LogP contribution in [-0.4, -0.2) is 51.2 Å². The van der Waals surface area contributed by atoms with Crippen molar-refractivity contribution in [1.29, 1.82) is 0 Å². The van der Waals surface area contributed by atoms with Crippen molar-refractivity contribution < 1.29 is 24.6 Å². The molecule has 3 N–H and O–H groups in total. The third-order valence-electron chi connectivity index (χ3n) is 4.54. The molecule has 0 saturated carbocycles. The van der Waals surface area contributed by atoms with Gasteiger partial charge in [0.2, 0.25) is 0 Å². The molecule has 1 aliphatic rings. The number of nitrogens with zero attached hydrogens (tertiary/aromatic N) is 1. The lowest BCUT2D eigenvalue weighted by Gasteiger charge is -2.34. The monoisotopic (exact) mass is 356 g/mol. The fourth-order valence-electron chi connectivity index (χ4n) is 3.21. The van der Waals surface area contributed by atoms with Gasteiger partial charge in [-0.3, -0.25) is 14.9 Å². The number of nitrogens with one attached hydrogen (secondary N) is 1. The number of amides is 3. The second kappa shape index (κ2) is 9.17. The quantitative estimate of drug-likeness (QED) is 0.412. The maximum Gasteiger partial charge on any atom is 0.325 e. The fourth-order valence-corrected chi connectivity index (χ4v) is 3.21. The number of rotatable bonds is 10. The Balaban J connectivity index is 2.56. The third-order valence-corrected chi connectivity index (χ3v) is 4.54. The Labute approximate surface area is 149 Å². The largest absolute Gasteiger partial charge is 0.481 e. The van der Waals surface area contributed by atoms with E-state index < -0.39 is 30.2 Å². The van der Waals surface area contributed by atoms with Gasteiger partial charge in [0.15, 0.2) is 0 Å². The number of urea groups is 1. The molecule has 7 nitrogen and oxygen atoms in total. The van der Waals surface area contributed by atoms with E-state index >= 15 is 0 Å². The highest BCUT2D eigenvalue weighted by atomic mass is 16.4. The predicted molar refractivity (Wildman–Crippen MR) is 94.0 cm³/mol. The number of aliphatic carboxylic acids is 1. The van der Waals surface area contributed by atoms with E-state index in [4.69, 9.17) is 5.11 Å². The first-order valence-corrected chi connectivity index (χ1v) is 9.06. The minimum Gasteiger partial charge on any atom is -0.481 e. The average molecular weight is 356 g/mol. The highest BCUT2D eigenvalue weighted by Crippen LogP contribution is 2.27. The number of carboxylic acids is 1. The van der Waals surface area contributed by atoms with Crippen LogP contribution in [-0.2, 0) is 9.59 Å². The van der Waals surface area contributed by atoms with Crippen LogP contribution in [0.15, 0.2) is 0 Å². The van der Waals surface area contributed by atoms with Crippen LogP contribution < -0.4 is 5.32 Å². The molecule has 1 heterocycles. The first-order chi connectivity index (χ1) is 11.5. The molecule has 3 atom stereocenters. The summed E-state index contributed by atoms with van der Waals surface area (Å²) in [6, 6.07) is -1.44. The molecule has 3 amide bonds. The molecular weight excluding hydrogens is 324 g/mol. The van der Waals surface area contributed by atoms with Crippen molar-refractivity contribution in [3.63, 3.8) is 0 Å². The molecule has 0 aromatic rings. The second-order valence-corrected chi connectivity index (χ2v) is 8.14. The third kappa shape index (κ3) is 7.02. The van der Waals surface area contributed by atoms with Gasteiger partial charge in [-0.25, -0.2) is 4.79 Å². The molecule has 0 spiro atoms. The van der Waals surface area contributed by atoms with Gasteiger partial charge in [0.1, 0.15) is 6.04 Å². The molecular formula is C18H32N2O5. The molecule has 0 aromatic heterocycles. The summed E-state index contributed by atoms with van der Waals surface area (Å²) in [5.74, 6) is -1.11. The van der Waals surface area contributed by atoms with Crippen LogP contribution in [0.2, 0.25) is 0 Å². The topological polar surface area (TPSA) is 107 Å². The van der Waals surface area contributed by atoms with Crippen LogP contribution >= 0.6 is 0 Å². The van der Waals surface area contributed by atoms with Crippen molar-refractivity contribution in [2.45, 2.75) is 90.8 Å². The number of carboxylic acid groups (broad SMARTS) is 1. The molecule has 144 valence electrons. The van der Waals surface area contributed by atoms with E-state index in [2.05, 4.69) is 5.32 Å². The van der Waals surface area contributed by atoms with E-state index in [0.29, 0.717) is 19.3 Å². The van der Waals surface area contributed by atoms with Gasteiger partial charge in [-0.05, 0) is 31.6 Å². The molecule has 25 heavy (non-hydrogen) atoms. The number of carbonyl (C=O) groups is 3. The average Bonchev–Trinajstić information content (AvgIpc) is 2.73. The minimum absolute atomic E-state index is 0.0759. The first kappa shape index (κ1) is 21.4. The van der Waals surface area contributed by atoms with Crippen molar-refractivity contribution in [3.05, 3.63) is 0 Å². The summed E-state index contributed by atoms with van der Waals surface area (Å²) < 4.78 is 0. The van der Waals surface area contributed by atoms with Crippen molar-refractivity contribution in [1.82, 2.24) is 10.2 Å². The second-order valence-electron chi connectivity index (χ2n) is 8.14. The molecule has 7 heteroatoms. The SMILES string of the molecule is CC(C(O)CC(C)(C)C)N1C(=O)NC(=O)C1CCCCCCC(=O)O. The predicted octanol–water partition coefficient (Wildman–Crippen LogP) is 2.52. The molecule has 0 aliphatic carbocycles. The van der Waals surface area contributed by atoms with Crippen molar-refractivity contribution in [2.24, 2.45) is 5.41 Å². The fraction of sp³-hybridized carbons (Fsp3) is 0.833. The number of unbranched alkanes of at least 4 members (excludes halogenated alkanes) is 3. The number of hydrogen-bond donors (Lipinski definition) is 3. The highest BCUT2D eigenvalue weighted by molar-refractivity contribution is 6.04. The Morgan fingerprint density at radius 1 is 1.20 bits per heavy atom. The molecule has 1 aliphatic heterocycles. The standard InChI is InChI=1S/C18H32N2O5/c1-12(14(21)11-18(2,3)4)20-13(16(24)19-17(20)25)9-7-5-6-8-10-15(22)23/h12-14,21H,5-11H2,1-4H3,(H,22,23)(H,19,24,25). The lowest BCUT2D eigenvalue weighted by atomic mass is 9.86. The molecule has 1 saturated heterocycles. The Morgan fingerprint density at radius 3 is 2.36 bits per heavy atom. The van der Waals surface area contributed by atoms with E-state index in [-0.39, 0.29) is 17.7 Å². The van der Waals surface area contributed by atoms with Gasteiger partial charge < -0.3 is 15.1 Å². The maximum atomic E-state index is 12.1. The van der Waals surface area contributed by atoms with Gasteiger partial charge in [0.05, 0.1) is 12.1 Å². The van der Waals surface area contributed by atoms with Crippen molar-refractivity contribution in [2.75, 3.05) is 0 Å². The molecule has 3 unspecified atom stereocenters. The zero-order valence-electron chi connectivity index (χ0n) is 15.7. The lowest BCUT2D eigenvalue weighted by Crippen LogP contribution is -2.48. The normalized spacial score (nSPS) is 20.5. The van der Waals surface area contributed by atoms with Gasteiger partial charge >= 0.3 is 12.0 Å². The summed E-state index contributed by atoms with van der Waals surface area (Å²) in [7, 11) is 0. The van der Waals surface area contributed by atoms with Crippen LogP contribution in [0.4, 0.5) is 4.79 Å². The Hall–Kier alpha value is -1.63. The molecule has 1 fully saturated rings. The number of imide groups is 1. The van der Waals surface area contributed by atoms with E-state index in [1.807, 2.05) is 20.8 Å². The van der Waals surface area contributed by atoms with Gasteiger partial charge in [-0.15, -0.1) is 0 Å². The van der Waals surface area contributed by atoms with E-state index in [9.17, 15) is 19.5 Å². The summed E-state index contributed by atoms with van der Waals surface area (Å²) in [4.78, 5) is 36.2. The number of aliphatic hydroxyl groups excluding tert-OH is 1. The Morgan fingerprint density at radius 2 is 1.80 bits per heavy atom. The van der Waals surface area contributed by atoms with Crippen molar-refractivity contribution >= 4 is 17.9 Å². The van der Waals surface area contributed by atoms with Crippen molar-refractivity contribution in [3.8, 4) is 0 Å². The van der Waals surface area contributed by atoms with Gasteiger partial charge in [-0.2, -0.15) is 0 Å². The van der Waals surface area contributed by atoms with Gasteiger partial charge in [0.25, 0.3) is 5.91 Å². The molecule has 0 radical (unpaired) electrons. The first-order valence-electron chi connectivity index (χ1n) is 9.06. The van der Waals surface area contributed by atoms with Crippen LogP contribution in [0.3, 0.4) is 0 Å². The summed E-state index contributed by atoms with van der Waals surface area (Å²) >= 11 is 0. The Kier molecular flexibility index (Phi) is 7.86. The number of aliphatic hydroxyl groups is 1. The zero-order chi connectivity index (χ0) is 19.2. The smallest absolute Gasteiger partial charge is 0.325 e. The summed E-state index contributed by atoms with van der Waals surface area (Å²) in [5, 5.41) is 21.4. The lowest BCUT2D eigenvalue weighted by molar-refractivity contribution is -0.137. The summed E-state index contributed by atoms with van der Waals surface area (Å²) in [6.07, 6.45) is 3.48.